The third-order valence-corrected chi connectivity index (χ3v) is 5.92. The van der Waals surface area contributed by atoms with Gasteiger partial charge >= 0.3 is 0 Å². The Labute approximate surface area is 194 Å². The van der Waals surface area contributed by atoms with Crippen molar-refractivity contribution in [1.82, 2.24) is 9.97 Å². The fourth-order valence-electron chi connectivity index (χ4n) is 4.16. The molecule has 1 N–H and O–H groups in total. The first-order valence-corrected chi connectivity index (χ1v) is 11.4. The highest BCUT2D eigenvalue weighted by atomic mass is 16.5. The first-order chi connectivity index (χ1) is 16.1. The highest BCUT2D eigenvalue weighted by molar-refractivity contribution is 5.91. The Morgan fingerprint density at radius 3 is 2.27 bits per heavy atom. The van der Waals surface area contributed by atoms with Crippen LogP contribution in [0, 0.1) is 0 Å². The van der Waals surface area contributed by atoms with Crippen LogP contribution in [-0.4, -0.2) is 37.8 Å². The molecule has 172 valence electrons. The number of nitrogens with zero attached hydrogens (tertiary/aromatic N) is 2. The summed E-state index contributed by atoms with van der Waals surface area (Å²) in [6.45, 7) is 5.13. The van der Waals surface area contributed by atoms with E-state index in [1.807, 2.05) is 30.5 Å². The van der Waals surface area contributed by atoms with Crippen LogP contribution in [0.2, 0.25) is 0 Å². The number of fused-ring (bicyclic) bond motifs is 2. The molecule has 2 aromatic heterocycles. The minimum Gasteiger partial charge on any atom is -0.497 e. The van der Waals surface area contributed by atoms with Gasteiger partial charge in [0, 0.05) is 35.6 Å². The molecule has 0 amide bonds. The van der Waals surface area contributed by atoms with Gasteiger partial charge in [-0.15, -0.1) is 0 Å². The summed E-state index contributed by atoms with van der Waals surface area (Å²) in [7, 11) is 5.01. The van der Waals surface area contributed by atoms with E-state index in [1.54, 1.807) is 21.3 Å². The van der Waals surface area contributed by atoms with Gasteiger partial charge in [-0.3, -0.25) is 4.98 Å². The van der Waals surface area contributed by atoms with Crippen molar-refractivity contribution in [3.8, 4) is 17.2 Å². The van der Waals surface area contributed by atoms with Crippen LogP contribution < -0.4 is 19.5 Å². The summed E-state index contributed by atoms with van der Waals surface area (Å²) >= 11 is 0. The number of pyridine rings is 2. The van der Waals surface area contributed by atoms with Crippen LogP contribution in [0.3, 0.4) is 0 Å². The molecule has 0 spiro atoms. The Morgan fingerprint density at radius 1 is 0.848 bits per heavy atom. The van der Waals surface area contributed by atoms with Gasteiger partial charge in [-0.2, -0.15) is 0 Å². The second-order valence-corrected chi connectivity index (χ2v) is 7.99. The van der Waals surface area contributed by atoms with Crippen LogP contribution in [0.4, 0.5) is 5.82 Å². The van der Waals surface area contributed by atoms with Crippen LogP contribution in [-0.2, 0) is 12.8 Å². The second kappa shape index (κ2) is 9.94. The third-order valence-electron chi connectivity index (χ3n) is 5.92. The van der Waals surface area contributed by atoms with E-state index in [2.05, 4.69) is 31.3 Å². The highest BCUT2D eigenvalue weighted by Crippen LogP contribution is 2.36. The second-order valence-electron chi connectivity index (χ2n) is 7.99. The number of ether oxygens (including phenoxy) is 3. The smallest absolute Gasteiger partial charge is 0.161 e. The maximum absolute atomic E-state index is 5.60. The van der Waals surface area contributed by atoms with Gasteiger partial charge in [0.1, 0.15) is 11.6 Å². The summed E-state index contributed by atoms with van der Waals surface area (Å²) < 4.78 is 16.6. The molecule has 6 nitrogen and oxygen atoms in total. The molecule has 0 unspecified atom stereocenters. The standard InChI is InChI=1S/C27H31N3O3/c1-6-10-28-27-18(11-17-13-20(31-3)8-9-24(17)30-27)12-19-16-29-23(7-2)22-15-26(33-5)25(32-4)14-21(19)22/h8-9,11,13-16H,6-7,10,12H2,1-5H3,(H,28,30). The Hall–Kier alpha value is -3.54. The van der Waals surface area contributed by atoms with Gasteiger partial charge in [0.2, 0.25) is 0 Å². The zero-order valence-electron chi connectivity index (χ0n) is 20.0. The summed E-state index contributed by atoms with van der Waals surface area (Å²) in [6.07, 6.45) is 4.53. The zero-order chi connectivity index (χ0) is 23.4. The molecular formula is C27H31N3O3. The lowest BCUT2D eigenvalue weighted by molar-refractivity contribution is 0.356. The number of aryl methyl sites for hydroxylation is 1. The van der Waals surface area contributed by atoms with E-state index in [4.69, 9.17) is 24.2 Å². The minimum atomic E-state index is 0.690. The topological polar surface area (TPSA) is 65.5 Å². The molecule has 2 heterocycles. The van der Waals surface area contributed by atoms with E-state index in [9.17, 15) is 0 Å². The fourth-order valence-corrected chi connectivity index (χ4v) is 4.16. The van der Waals surface area contributed by atoms with Crippen LogP contribution >= 0.6 is 0 Å². The van der Waals surface area contributed by atoms with Crippen LogP contribution in [0.25, 0.3) is 21.7 Å². The number of methoxy groups -OCH3 is 3. The van der Waals surface area contributed by atoms with E-state index in [1.165, 1.54) is 0 Å². The maximum atomic E-state index is 5.60. The molecule has 0 fully saturated rings. The largest absolute Gasteiger partial charge is 0.497 e. The number of hydrogen-bond acceptors (Lipinski definition) is 6. The number of hydrogen-bond donors (Lipinski definition) is 1. The number of nitrogens with one attached hydrogen (secondary N) is 1. The van der Waals surface area contributed by atoms with Crippen LogP contribution in [0.15, 0.2) is 42.6 Å². The average Bonchev–Trinajstić information content (AvgIpc) is 2.86. The first-order valence-electron chi connectivity index (χ1n) is 11.4. The molecule has 0 aliphatic heterocycles. The van der Waals surface area contributed by atoms with Crippen molar-refractivity contribution in [3.63, 3.8) is 0 Å². The van der Waals surface area contributed by atoms with Crippen molar-refractivity contribution in [2.75, 3.05) is 33.2 Å². The Bertz CT molecular complexity index is 1290. The Morgan fingerprint density at radius 2 is 1.61 bits per heavy atom. The molecule has 0 bridgehead atoms. The Kier molecular flexibility index (Phi) is 6.82. The Balaban J connectivity index is 1.87. The van der Waals surface area contributed by atoms with Gasteiger partial charge in [0.05, 0.1) is 26.8 Å². The van der Waals surface area contributed by atoms with Gasteiger partial charge in [-0.05, 0) is 65.8 Å². The molecule has 0 saturated heterocycles. The van der Waals surface area contributed by atoms with Crippen molar-refractivity contribution in [3.05, 3.63) is 59.4 Å². The number of rotatable bonds is 9. The summed E-state index contributed by atoms with van der Waals surface area (Å²) in [5, 5.41) is 6.76. The zero-order valence-corrected chi connectivity index (χ0v) is 20.0. The molecule has 4 aromatic rings. The monoisotopic (exact) mass is 445 g/mol. The predicted octanol–water partition coefficient (Wildman–Crippen LogP) is 5.78. The van der Waals surface area contributed by atoms with Crippen molar-refractivity contribution in [1.29, 1.82) is 0 Å². The molecule has 2 aromatic carbocycles. The molecule has 0 radical (unpaired) electrons. The lowest BCUT2D eigenvalue weighted by atomic mass is 9.97. The van der Waals surface area contributed by atoms with E-state index in [0.717, 1.165) is 69.4 Å². The van der Waals surface area contributed by atoms with Crippen molar-refractivity contribution in [2.45, 2.75) is 33.1 Å². The lowest BCUT2D eigenvalue weighted by Gasteiger charge is -2.16. The molecule has 0 atom stereocenters. The molecule has 4 rings (SSSR count). The molecular weight excluding hydrogens is 414 g/mol. The van der Waals surface area contributed by atoms with Crippen molar-refractivity contribution < 1.29 is 14.2 Å². The SMILES string of the molecule is CCCNc1nc2ccc(OC)cc2cc1Cc1cnc(CC)c2cc(OC)c(OC)cc12. The van der Waals surface area contributed by atoms with E-state index in [0.29, 0.717) is 17.9 Å². The van der Waals surface area contributed by atoms with Crippen LogP contribution in [0.1, 0.15) is 37.1 Å². The fraction of sp³-hybridized carbons (Fsp3) is 0.333. The minimum absolute atomic E-state index is 0.690. The average molecular weight is 446 g/mol. The maximum Gasteiger partial charge on any atom is 0.161 e. The number of aromatic nitrogens is 2. The summed E-state index contributed by atoms with van der Waals surface area (Å²) in [5.74, 6) is 3.15. The quantitative estimate of drug-likeness (QED) is 0.352. The highest BCUT2D eigenvalue weighted by Gasteiger charge is 2.15. The van der Waals surface area contributed by atoms with E-state index in [-0.39, 0.29) is 0 Å². The summed E-state index contributed by atoms with van der Waals surface area (Å²) in [5.41, 5.74) is 4.22. The van der Waals surface area contributed by atoms with Crippen LogP contribution in [0.5, 0.6) is 17.2 Å². The first kappa shape index (κ1) is 22.6. The molecule has 0 aliphatic rings. The van der Waals surface area contributed by atoms with Gasteiger partial charge in [0.25, 0.3) is 0 Å². The number of anilines is 1. The predicted molar refractivity (Wildman–Crippen MR) is 134 cm³/mol. The van der Waals surface area contributed by atoms with Crippen molar-refractivity contribution >= 4 is 27.5 Å². The van der Waals surface area contributed by atoms with Gasteiger partial charge < -0.3 is 19.5 Å². The molecule has 0 saturated carbocycles. The summed E-state index contributed by atoms with van der Waals surface area (Å²) in [6, 6.07) is 12.3. The van der Waals surface area contributed by atoms with Crippen molar-refractivity contribution in [2.24, 2.45) is 0 Å². The molecule has 0 aliphatic carbocycles. The van der Waals surface area contributed by atoms with Gasteiger partial charge in [0.15, 0.2) is 11.5 Å². The number of benzene rings is 2. The van der Waals surface area contributed by atoms with Gasteiger partial charge in [-0.1, -0.05) is 13.8 Å². The van der Waals surface area contributed by atoms with E-state index < -0.39 is 0 Å². The lowest BCUT2D eigenvalue weighted by Crippen LogP contribution is -2.07. The summed E-state index contributed by atoms with van der Waals surface area (Å²) in [4.78, 5) is 9.70. The third kappa shape index (κ3) is 4.51. The van der Waals surface area contributed by atoms with E-state index >= 15 is 0 Å². The molecule has 6 heteroatoms. The normalized spacial score (nSPS) is 11.1. The molecule has 33 heavy (non-hydrogen) atoms. The van der Waals surface area contributed by atoms with Gasteiger partial charge in [-0.25, -0.2) is 4.98 Å².